The monoisotopic (exact) mass is 559 g/mol. The Bertz CT molecular complexity index is 1230. The van der Waals surface area contributed by atoms with Gasteiger partial charge in [-0.2, -0.15) is 0 Å². The van der Waals surface area contributed by atoms with Crippen LogP contribution in [0.1, 0.15) is 122 Å². The van der Waals surface area contributed by atoms with E-state index in [1.54, 1.807) is 12.1 Å². The summed E-state index contributed by atoms with van der Waals surface area (Å²) in [5.74, 6) is 3.86. The number of benzene rings is 1. The average molecular weight is 560 g/mol. The molecule has 5 aliphatic carbocycles. The molecule has 0 aliphatic heterocycles. The van der Waals surface area contributed by atoms with Crippen LogP contribution >= 0.6 is 0 Å². The predicted molar refractivity (Wildman–Crippen MR) is 170 cm³/mol. The molecule has 226 valence electrons. The number of carboxylic acid groups (broad SMARTS) is 1. The van der Waals surface area contributed by atoms with Gasteiger partial charge in [0.15, 0.2) is 0 Å². The fourth-order valence-corrected chi connectivity index (χ4v) is 13.0. The molecule has 0 saturated heterocycles. The molecule has 0 aromatic heterocycles. The Balaban J connectivity index is 1.36. The number of hydrogen-bond acceptors (Lipinski definition) is 2. The van der Waals surface area contributed by atoms with Gasteiger partial charge in [-0.05, 0) is 152 Å². The number of nitrogens with zero attached hydrogens (tertiary/aromatic N) is 1. The van der Waals surface area contributed by atoms with Crippen LogP contribution in [0.5, 0.6) is 0 Å². The van der Waals surface area contributed by atoms with Gasteiger partial charge in [0.05, 0.1) is 5.56 Å². The molecule has 3 heteroatoms. The van der Waals surface area contributed by atoms with E-state index in [9.17, 15) is 9.90 Å². The Morgan fingerprint density at radius 2 is 1.54 bits per heavy atom. The molecule has 41 heavy (non-hydrogen) atoms. The van der Waals surface area contributed by atoms with Crippen LogP contribution in [0.2, 0.25) is 0 Å². The molecule has 4 saturated carbocycles. The Labute approximate surface area is 250 Å². The first kappa shape index (κ1) is 29.5. The number of allylic oxidation sites excluding steroid dienone is 2. The van der Waals surface area contributed by atoms with Crippen LogP contribution < -0.4 is 0 Å². The van der Waals surface area contributed by atoms with Gasteiger partial charge in [-0.15, -0.1) is 0 Å². The van der Waals surface area contributed by atoms with Gasteiger partial charge in [0, 0.05) is 5.54 Å². The number of aromatic carboxylic acids is 1. The second-order valence-corrected chi connectivity index (χ2v) is 17.1. The van der Waals surface area contributed by atoms with Crippen molar-refractivity contribution in [2.45, 2.75) is 112 Å². The van der Waals surface area contributed by atoms with Crippen LogP contribution in [-0.2, 0) is 0 Å². The molecule has 3 nitrogen and oxygen atoms in total. The lowest BCUT2D eigenvalue weighted by molar-refractivity contribution is -0.227. The summed E-state index contributed by atoms with van der Waals surface area (Å²) in [7, 11) is 4.78. The van der Waals surface area contributed by atoms with Crippen molar-refractivity contribution in [3.05, 3.63) is 41.5 Å². The maximum absolute atomic E-state index is 11.5. The van der Waals surface area contributed by atoms with Crippen molar-refractivity contribution < 1.29 is 9.90 Å². The van der Waals surface area contributed by atoms with Gasteiger partial charge in [0.2, 0.25) is 0 Å². The zero-order valence-corrected chi connectivity index (χ0v) is 27.5. The molecular weight excluding hydrogens is 502 g/mol. The minimum Gasteiger partial charge on any atom is -0.478 e. The van der Waals surface area contributed by atoms with Crippen molar-refractivity contribution in [2.24, 2.45) is 57.2 Å². The van der Waals surface area contributed by atoms with E-state index in [1.165, 1.54) is 62.5 Å². The molecule has 1 aromatic carbocycles. The number of rotatable bonds is 4. The molecule has 1 N–H and O–H groups in total. The van der Waals surface area contributed by atoms with Gasteiger partial charge in [-0.3, -0.25) is 0 Å². The van der Waals surface area contributed by atoms with Crippen LogP contribution in [0.3, 0.4) is 0 Å². The molecule has 0 radical (unpaired) electrons. The standard InChI is InChI=1S/C38H57NO2/c1-24(2)27-16-21-38(39(8)9)23-22-36(6)29(32(27)38)14-15-31-35(5)19-17-28(25-10-12-26(13-11-25)33(40)41)34(3,4)30(35)18-20-37(31,36)7/h10-13,17,24,27,29-32H,14-16,18-23H2,1-9H3,(H,40,41)/t27-,29+,30-,31+,32+,35-,36+,37+,38-/m0/s1. The Morgan fingerprint density at radius 3 is 2.15 bits per heavy atom. The first-order valence-electron chi connectivity index (χ1n) is 16.9. The molecule has 0 bridgehead atoms. The smallest absolute Gasteiger partial charge is 0.335 e. The number of carboxylic acids is 1. The summed E-state index contributed by atoms with van der Waals surface area (Å²) in [6.07, 6.45) is 14.8. The van der Waals surface area contributed by atoms with Gasteiger partial charge in [-0.25, -0.2) is 4.79 Å². The van der Waals surface area contributed by atoms with E-state index < -0.39 is 5.97 Å². The quantitative estimate of drug-likeness (QED) is 0.399. The predicted octanol–water partition coefficient (Wildman–Crippen LogP) is 9.43. The first-order valence-corrected chi connectivity index (χ1v) is 16.9. The summed E-state index contributed by atoms with van der Waals surface area (Å²) >= 11 is 0. The highest BCUT2D eigenvalue weighted by atomic mass is 16.4. The number of fused-ring (bicyclic) bond motifs is 7. The third-order valence-corrected chi connectivity index (χ3v) is 15.2. The van der Waals surface area contributed by atoms with E-state index in [4.69, 9.17) is 0 Å². The minimum atomic E-state index is -0.848. The Kier molecular flexibility index (Phi) is 6.79. The Morgan fingerprint density at radius 1 is 0.854 bits per heavy atom. The van der Waals surface area contributed by atoms with Gasteiger partial charge >= 0.3 is 5.97 Å². The Hall–Kier alpha value is -1.61. The fourth-order valence-electron chi connectivity index (χ4n) is 13.0. The van der Waals surface area contributed by atoms with Crippen LogP contribution in [0, 0.1) is 57.2 Å². The van der Waals surface area contributed by atoms with E-state index in [2.05, 4.69) is 73.5 Å². The summed E-state index contributed by atoms with van der Waals surface area (Å²) in [5.41, 5.74) is 4.58. The van der Waals surface area contributed by atoms with Crippen LogP contribution in [0.25, 0.3) is 5.57 Å². The van der Waals surface area contributed by atoms with Crippen LogP contribution in [0.4, 0.5) is 0 Å². The minimum absolute atomic E-state index is 0.0671. The molecule has 0 unspecified atom stereocenters. The lowest BCUT2D eigenvalue weighted by atomic mass is 9.32. The van der Waals surface area contributed by atoms with Crippen LogP contribution in [0.15, 0.2) is 30.3 Å². The molecule has 9 atom stereocenters. The average Bonchev–Trinajstić information content (AvgIpc) is 3.30. The van der Waals surface area contributed by atoms with Gasteiger partial charge in [0.1, 0.15) is 0 Å². The molecule has 0 spiro atoms. The maximum Gasteiger partial charge on any atom is 0.335 e. The van der Waals surface area contributed by atoms with Crippen molar-refractivity contribution in [1.82, 2.24) is 4.90 Å². The zero-order valence-electron chi connectivity index (χ0n) is 27.5. The lowest BCUT2D eigenvalue weighted by Gasteiger charge is -2.73. The highest BCUT2D eigenvalue weighted by Crippen LogP contribution is 2.77. The summed E-state index contributed by atoms with van der Waals surface area (Å²) in [6.45, 7) is 18.2. The van der Waals surface area contributed by atoms with E-state index in [-0.39, 0.29) is 5.41 Å². The molecule has 4 fully saturated rings. The van der Waals surface area contributed by atoms with E-state index in [0.717, 1.165) is 36.0 Å². The number of carbonyl (C=O) groups is 1. The third kappa shape index (κ3) is 3.82. The van der Waals surface area contributed by atoms with Crippen molar-refractivity contribution >= 4 is 11.5 Å². The molecule has 6 rings (SSSR count). The van der Waals surface area contributed by atoms with E-state index in [0.29, 0.717) is 33.3 Å². The van der Waals surface area contributed by atoms with E-state index >= 15 is 0 Å². The van der Waals surface area contributed by atoms with Crippen molar-refractivity contribution in [3.8, 4) is 0 Å². The van der Waals surface area contributed by atoms with Gasteiger partial charge in [-0.1, -0.05) is 66.7 Å². The highest BCUT2D eigenvalue weighted by molar-refractivity contribution is 5.88. The topological polar surface area (TPSA) is 40.5 Å². The van der Waals surface area contributed by atoms with Gasteiger partial charge < -0.3 is 10.0 Å². The highest BCUT2D eigenvalue weighted by Gasteiger charge is 2.70. The van der Waals surface area contributed by atoms with Crippen LogP contribution in [-0.4, -0.2) is 35.6 Å². The van der Waals surface area contributed by atoms with Gasteiger partial charge in [0.25, 0.3) is 0 Å². The summed E-state index contributed by atoms with van der Waals surface area (Å²) < 4.78 is 0. The molecule has 0 heterocycles. The van der Waals surface area contributed by atoms with Crippen molar-refractivity contribution in [2.75, 3.05) is 14.1 Å². The fraction of sp³-hybridized carbons (Fsp3) is 0.763. The zero-order chi connectivity index (χ0) is 29.8. The lowest BCUT2D eigenvalue weighted by Crippen LogP contribution is -2.67. The second-order valence-electron chi connectivity index (χ2n) is 17.1. The molecular formula is C38H57NO2. The first-order chi connectivity index (χ1) is 19.1. The molecule has 5 aliphatic rings. The largest absolute Gasteiger partial charge is 0.478 e. The molecule has 1 aromatic rings. The van der Waals surface area contributed by atoms with E-state index in [1.807, 2.05) is 12.1 Å². The summed E-state index contributed by atoms with van der Waals surface area (Å²) in [4.78, 5) is 14.2. The summed E-state index contributed by atoms with van der Waals surface area (Å²) in [5, 5.41) is 9.43. The summed E-state index contributed by atoms with van der Waals surface area (Å²) in [6, 6.07) is 7.66. The number of hydrogen-bond donors (Lipinski definition) is 1. The maximum atomic E-state index is 11.5. The molecule has 0 amide bonds. The third-order valence-electron chi connectivity index (χ3n) is 15.2. The second kappa shape index (κ2) is 9.44. The van der Waals surface area contributed by atoms with Crippen molar-refractivity contribution in [1.29, 1.82) is 0 Å². The SMILES string of the molecule is CC(C)[C@@H]1CC[C@]2(N(C)C)CC[C@]3(C)[C@H](CC[C@@H]4[C@@]5(C)CC=C(c6ccc(C(=O)O)cc6)C(C)(C)[C@@H]5CC[C@]43C)[C@@H]12. The van der Waals surface area contributed by atoms with Crippen molar-refractivity contribution in [3.63, 3.8) is 0 Å². The normalized spacial score (nSPS) is 45.0.